The van der Waals surface area contributed by atoms with Gasteiger partial charge in [0.05, 0.1) is 0 Å². The third-order valence-electron chi connectivity index (χ3n) is 3.84. The van der Waals surface area contributed by atoms with Crippen molar-refractivity contribution in [3.05, 3.63) is 65.5 Å². The lowest BCUT2D eigenvalue weighted by Crippen LogP contribution is -2.41. The molecule has 4 nitrogen and oxygen atoms in total. The SMILES string of the molecule is CN(C)C(CNS(=O)(=O)c1ccc(F)c(F)c1F)Cc1ccccc1. The first-order chi connectivity index (χ1) is 11.7. The molecule has 0 aliphatic carbocycles. The second kappa shape index (κ2) is 7.99. The van der Waals surface area contributed by atoms with Gasteiger partial charge in [-0.3, -0.25) is 0 Å². The van der Waals surface area contributed by atoms with Crippen LogP contribution in [0.5, 0.6) is 0 Å². The Morgan fingerprint density at radius 1 is 1.00 bits per heavy atom. The van der Waals surface area contributed by atoms with Crippen LogP contribution in [0.15, 0.2) is 47.4 Å². The van der Waals surface area contributed by atoms with Gasteiger partial charge in [-0.1, -0.05) is 30.3 Å². The largest absolute Gasteiger partial charge is 0.305 e. The van der Waals surface area contributed by atoms with Gasteiger partial charge in [-0.15, -0.1) is 0 Å². The highest BCUT2D eigenvalue weighted by Gasteiger charge is 2.25. The Balaban J connectivity index is 2.15. The van der Waals surface area contributed by atoms with Gasteiger partial charge < -0.3 is 4.90 Å². The molecule has 0 radical (unpaired) electrons. The topological polar surface area (TPSA) is 49.4 Å². The average molecular weight is 372 g/mol. The first-order valence-corrected chi connectivity index (χ1v) is 9.04. The van der Waals surface area contributed by atoms with Crippen molar-refractivity contribution in [3.63, 3.8) is 0 Å². The Morgan fingerprint density at radius 2 is 1.64 bits per heavy atom. The number of benzene rings is 2. The summed E-state index contributed by atoms with van der Waals surface area (Å²) in [5.74, 6) is -4.97. The lowest BCUT2D eigenvalue weighted by atomic mass is 10.1. The van der Waals surface area contributed by atoms with E-state index in [1.807, 2.05) is 35.2 Å². The van der Waals surface area contributed by atoms with Crippen molar-refractivity contribution in [2.75, 3.05) is 20.6 Å². The van der Waals surface area contributed by atoms with E-state index in [9.17, 15) is 21.6 Å². The Bertz CT molecular complexity index is 827. The third kappa shape index (κ3) is 4.81. The summed E-state index contributed by atoms with van der Waals surface area (Å²) in [4.78, 5) is 0.917. The molecular formula is C17H19F3N2O2S. The van der Waals surface area contributed by atoms with Gasteiger partial charge in [0, 0.05) is 12.6 Å². The first kappa shape index (κ1) is 19.4. The first-order valence-electron chi connectivity index (χ1n) is 7.56. The van der Waals surface area contributed by atoms with E-state index in [-0.39, 0.29) is 12.6 Å². The fourth-order valence-electron chi connectivity index (χ4n) is 2.32. The number of sulfonamides is 1. The molecule has 1 atom stereocenters. The Hall–Kier alpha value is -1.90. The number of halogens is 3. The molecule has 0 fully saturated rings. The average Bonchev–Trinajstić information content (AvgIpc) is 2.57. The minimum absolute atomic E-state index is 0.0112. The molecule has 2 aromatic rings. The van der Waals surface area contributed by atoms with E-state index in [1.54, 1.807) is 14.1 Å². The summed E-state index contributed by atoms with van der Waals surface area (Å²) in [6.07, 6.45) is 0.566. The number of rotatable bonds is 7. The van der Waals surface area contributed by atoms with Crippen molar-refractivity contribution in [3.8, 4) is 0 Å². The monoisotopic (exact) mass is 372 g/mol. The normalized spacial score (nSPS) is 13.2. The third-order valence-corrected chi connectivity index (χ3v) is 5.28. The second-order valence-corrected chi connectivity index (χ2v) is 7.57. The fraction of sp³-hybridized carbons (Fsp3) is 0.294. The van der Waals surface area contributed by atoms with Gasteiger partial charge in [0.25, 0.3) is 0 Å². The summed E-state index contributed by atoms with van der Waals surface area (Å²) < 4.78 is 66.7. The molecule has 25 heavy (non-hydrogen) atoms. The van der Waals surface area contributed by atoms with E-state index in [0.717, 1.165) is 5.56 Å². The van der Waals surface area contributed by atoms with Crippen LogP contribution in [0.3, 0.4) is 0 Å². The lowest BCUT2D eigenvalue weighted by Gasteiger charge is -2.24. The number of nitrogens with one attached hydrogen (secondary N) is 1. The van der Waals surface area contributed by atoms with Crippen LogP contribution in [0.2, 0.25) is 0 Å². The number of nitrogens with zero attached hydrogens (tertiary/aromatic N) is 1. The molecule has 0 amide bonds. The van der Waals surface area contributed by atoms with Crippen LogP contribution in [0, 0.1) is 17.5 Å². The molecular weight excluding hydrogens is 353 g/mol. The van der Waals surface area contributed by atoms with E-state index >= 15 is 0 Å². The van der Waals surface area contributed by atoms with Gasteiger partial charge in [0.15, 0.2) is 17.5 Å². The quantitative estimate of drug-likeness (QED) is 0.760. The highest BCUT2D eigenvalue weighted by atomic mass is 32.2. The van der Waals surface area contributed by atoms with E-state index in [4.69, 9.17) is 0 Å². The lowest BCUT2D eigenvalue weighted by molar-refractivity contribution is 0.291. The van der Waals surface area contributed by atoms with Gasteiger partial charge in [0.1, 0.15) is 4.90 Å². The minimum atomic E-state index is -4.31. The molecule has 0 saturated heterocycles. The van der Waals surface area contributed by atoms with Crippen LogP contribution >= 0.6 is 0 Å². The van der Waals surface area contributed by atoms with Crippen LogP contribution in [-0.4, -0.2) is 40.0 Å². The Morgan fingerprint density at radius 3 is 2.24 bits per heavy atom. The fourth-order valence-corrected chi connectivity index (χ4v) is 3.46. The van der Waals surface area contributed by atoms with Crippen molar-refractivity contribution < 1.29 is 21.6 Å². The molecule has 0 aromatic heterocycles. The maximum absolute atomic E-state index is 13.7. The van der Waals surface area contributed by atoms with Crippen molar-refractivity contribution >= 4 is 10.0 Å². The van der Waals surface area contributed by atoms with Gasteiger partial charge in [0.2, 0.25) is 10.0 Å². The zero-order valence-electron chi connectivity index (χ0n) is 13.8. The van der Waals surface area contributed by atoms with Crippen molar-refractivity contribution in [2.24, 2.45) is 0 Å². The molecule has 2 aromatic carbocycles. The highest BCUT2D eigenvalue weighted by molar-refractivity contribution is 7.89. The van der Waals surface area contributed by atoms with E-state index in [2.05, 4.69) is 4.72 Å². The summed E-state index contributed by atoms with van der Waals surface area (Å²) in [6, 6.07) is 10.6. The van der Waals surface area contributed by atoms with Crippen LogP contribution in [0.1, 0.15) is 5.56 Å². The van der Waals surface area contributed by atoms with Gasteiger partial charge in [-0.25, -0.2) is 26.3 Å². The molecule has 0 aliphatic heterocycles. The molecule has 1 unspecified atom stereocenters. The predicted octanol–water partition coefficient (Wildman–Crippen LogP) is 2.56. The molecule has 0 saturated carbocycles. The highest BCUT2D eigenvalue weighted by Crippen LogP contribution is 2.19. The number of hydrogen-bond donors (Lipinski definition) is 1. The minimum Gasteiger partial charge on any atom is -0.305 e. The van der Waals surface area contributed by atoms with Gasteiger partial charge in [-0.2, -0.15) is 0 Å². The molecule has 0 spiro atoms. The summed E-state index contributed by atoms with van der Waals surface area (Å²) in [6.45, 7) is -0.0112. The maximum Gasteiger partial charge on any atom is 0.243 e. The second-order valence-electron chi connectivity index (χ2n) is 5.83. The van der Waals surface area contributed by atoms with Gasteiger partial charge >= 0.3 is 0 Å². The summed E-state index contributed by atoms with van der Waals surface area (Å²) in [5.41, 5.74) is 1.01. The van der Waals surface area contributed by atoms with Crippen LogP contribution in [0.4, 0.5) is 13.2 Å². The van der Waals surface area contributed by atoms with Crippen LogP contribution < -0.4 is 4.72 Å². The van der Waals surface area contributed by atoms with Crippen LogP contribution in [-0.2, 0) is 16.4 Å². The van der Waals surface area contributed by atoms with E-state index in [0.29, 0.717) is 18.6 Å². The van der Waals surface area contributed by atoms with E-state index < -0.39 is 32.4 Å². The zero-order valence-corrected chi connectivity index (χ0v) is 14.7. The number of likely N-dealkylation sites (N-methyl/N-ethyl adjacent to an activating group) is 1. The maximum atomic E-state index is 13.7. The molecule has 2 rings (SSSR count). The molecule has 0 bridgehead atoms. The predicted molar refractivity (Wildman–Crippen MR) is 89.1 cm³/mol. The molecule has 0 aliphatic rings. The van der Waals surface area contributed by atoms with Crippen molar-refractivity contribution in [1.82, 2.24) is 9.62 Å². The van der Waals surface area contributed by atoms with Crippen molar-refractivity contribution in [2.45, 2.75) is 17.4 Å². The van der Waals surface area contributed by atoms with Crippen LogP contribution in [0.25, 0.3) is 0 Å². The number of hydrogen-bond acceptors (Lipinski definition) is 3. The Kier molecular flexibility index (Phi) is 6.21. The molecule has 8 heteroatoms. The Labute approximate surface area is 145 Å². The standard InChI is InChI=1S/C17H19F3N2O2S/c1-22(2)13(10-12-6-4-3-5-7-12)11-21-25(23,24)15-9-8-14(18)16(19)17(15)20/h3-9,13,21H,10-11H2,1-2H3. The summed E-state index contributed by atoms with van der Waals surface area (Å²) in [5, 5.41) is 0. The molecule has 136 valence electrons. The summed E-state index contributed by atoms with van der Waals surface area (Å²) >= 11 is 0. The van der Waals surface area contributed by atoms with Crippen molar-refractivity contribution in [1.29, 1.82) is 0 Å². The van der Waals surface area contributed by atoms with Gasteiger partial charge in [-0.05, 0) is 38.2 Å². The summed E-state index contributed by atoms with van der Waals surface area (Å²) in [7, 11) is -0.726. The molecule has 0 heterocycles. The smallest absolute Gasteiger partial charge is 0.243 e. The molecule has 1 N–H and O–H groups in total. The van der Waals surface area contributed by atoms with E-state index in [1.165, 1.54) is 0 Å². The zero-order chi connectivity index (χ0) is 18.6.